The molecule has 0 aromatic heterocycles. The lowest BCUT2D eigenvalue weighted by Gasteiger charge is -2.17. The fraction of sp³-hybridized carbons (Fsp3) is 0.462. The average Bonchev–Trinajstić information content (AvgIpc) is 2.30. The van der Waals surface area contributed by atoms with Crippen LogP contribution in [0.2, 0.25) is 5.02 Å². The van der Waals surface area contributed by atoms with Crippen molar-refractivity contribution < 1.29 is 9.53 Å². The minimum atomic E-state index is -0.172. The molecule has 0 heterocycles. The summed E-state index contributed by atoms with van der Waals surface area (Å²) in [6, 6.07) is 5.02. The second-order valence-corrected chi connectivity index (χ2v) is 4.99. The van der Waals surface area contributed by atoms with Crippen LogP contribution in [-0.2, 0) is 4.79 Å². The Morgan fingerprint density at radius 2 is 2.11 bits per heavy atom. The molecule has 18 heavy (non-hydrogen) atoms. The molecular formula is C13H19ClN2O2. The molecule has 0 aliphatic carbocycles. The first-order chi connectivity index (χ1) is 8.40. The van der Waals surface area contributed by atoms with Gasteiger partial charge in [-0.2, -0.15) is 0 Å². The molecule has 0 fully saturated rings. The van der Waals surface area contributed by atoms with Crippen LogP contribution in [0.4, 0.5) is 5.69 Å². The highest BCUT2D eigenvalue weighted by Crippen LogP contribution is 2.26. The van der Waals surface area contributed by atoms with Crippen molar-refractivity contribution in [1.29, 1.82) is 0 Å². The van der Waals surface area contributed by atoms with E-state index in [1.165, 1.54) is 0 Å². The predicted octanol–water partition coefficient (Wildman–Crippen LogP) is 2.46. The molecular weight excluding hydrogens is 252 g/mol. The molecule has 1 rings (SSSR count). The molecule has 0 bridgehead atoms. The molecule has 0 spiro atoms. The lowest BCUT2D eigenvalue weighted by Crippen LogP contribution is -2.38. The number of benzene rings is 1. The van der Waals surface area contributed by atoms with Crippen LogP contribution in [-0.4, -0.2) is 18.6 Å². The van der Waals surface area contributed by atoms with Gasteiger partial charge in [0.2, 0.25) is 0 Å². The number of hydrogen-bond acceptors (Lipinski definition) is 3. The van der Waals surface area contributed by atoms with E-state index in [4.69, 9.17) is 22.1 Å². The number of nitrogens with two attached hydrogens (primary N) is 1. The van der Waals surface area contributed by atoms with Gasteiger partial charge < -0.3 is 15.8 Å². The number of carbonyl (C=O) groups excluding carboxylic acids is 1. The highest BCUT2D eigenvalue weighted by molar-refractivity contribution is 6.32. The average molecular weight is 271 g/mol. The summed E-state index contributed by atoms with van der Waals surface area (Å²) in [5.74, 6) is 0.628. The van der Waals surface area contributed by atoms with Crippen molar-refractivity contribution in [1.82, 2.24) is 5.32 Å². The van der Waals surface area contributed by atoms with Gasteiger partial charge in [-0.3, -0.25) is 4.79 Å². The molecule has 0 aliphatic heterocycles. The van der Waals surface area contributed by atoms with Crippen LogP contribution in [0, 0.1) is 5.92 Å². The second-order valence-electron chi connectivity index (χ2n) is 4.58. The Kier molecular flexibility index (Phi) is 5.28. The normalized spacial score (nSPS) is 12.3. The van der Waals surface area contributed by atoms with Crippen LogP contribution >= 0.6 is 11.6 Å². The maximum atomic E-state index is 11.6. The van der Waals surface area contributed by atoms with Gasteiger partial charge >= 0.3 is 0 Å². The maximum Gasteiger partial charge on any atom is 0.258 e. The number of carbonyl (C=O) groups is 1. The minimum Gasteiger partial charge on any atom is -0.482 e. The molecule has 1 atom stereocenters. The molecule has 1 unspecified atom stereocenters. The number of nitrogens with one attached hydrogen (secondary N) is 1. The molecule has 0 saturated carbocycles. The van der Waals surface area contributed by atoms with Crippen molar-refractivity contribution in [3.63, 3.8) is 0 Å². The summed E-state index contributed by atoms with van der Waals surface area (Å²) in [4.78, 5) is 11.6. The number of ether oxygens (including phenoxy) is 1. The third-order valence-electron chi connectivity index (χ3n) is 2.70. The van der Waals surface area contributed by atoms with E-state index in [1.807, 2.05) is 20.8 Å². The first-order valence-corrected chi connectivity index (χ1v) is 6.25. The van der Waals surface area contributed by atoms with Crippen molar-refractivity contribution in [3.05, 3.63) is 23.2 Å². The van der Waals surface area contributed by atoms with E-state index in [-0.39, 0.29) is 18.6 Å². The molecule has 4 nitrogen and oxygen atoms in total. The number of halogens is 1. The Balaban J connectivity index is 2.50. The van der Waals surface area contributed by atoms with Crippen LogP contribution in [0.5, 0.6) is 5.75 Å². The predicted molar refractivity (Wildman–Crippen MR) is 73.8 cm³/mol. The summed E-state index contributed by atoms with van der Waals surface area (Å²) in [7, 11) is 0. The summed E-state index contributed by atoms with van der Waals surface area (Å²) in [6.07, 6.45) is 0. The van der Waals surface area contributed by atoms with E-state index < -0.39 is 0 Å². The Morgan fingerprint density at radius 1 is 1.44 bits per heavy atom. The third kappa shape index (κ3) is 4.45. The van der Waals surface area contributed by atoms with Gasteiger partial charge in [0, 0.05) is 17.8 Å². The summed E-state index contributed by atoms with van der Waals surface area (Å²) in [6.45, 7) is 5.97. The van der Waals surface area contributed by atoms with E-state index in [0.717, 1.165) is 0 Å². The van der Waals surface area contributed by atoms with Gasteiger partial charge in [-0.25, -0.2) is 0 Å². The molecule has 5 heteroatoms. The fourth-order valence-corrected chi connectivity index (χ4v) is 1.41. The fourth-order valence-electron chi connectivity index (χ4n) is 1.24. The van der Waals surface area contributed by atoms with E-state index in [9.17, 15) is 4.79 Å². The summed E-state index contributed by atoms with van der Waals surface area (Å²) < 4.78 is 5.34. The van der Waals surface area contributed by atoms with Crippen molar-refractivity contribution in [3.8, 4) is 5.75 Å². The number of hydrogen-bond donors (Lipinski definition) is 2. The topological polar surface area (TPSA) is 64.3 Å². The second kappa shape index (κ2) is 6.50. The molecule has 1 aromatic rings. The van der Waals surface area contributed by atoms with Crippen LogP contribution in [0.25, 0.3) is 0 Å². The highest BCUT2D eigenvalue weighted by atomic mass is 35.5. The SMILES string of the molecule is CC(C)C(C)NC(=O)COc1cc(N)ccc1Cl. The van der Waals surface area contributed by atoms with Crippen molar-refractivity contribution in [2.24, 2.45) is 5.92 Å². The number of amides is 1. The maximum absolute atomic E-state index is 11.6. The molecule has 0 saturated heterocycles. The molecule has 1 aromatic carbocycles. The number of nitrogen functional groups attached to an aromatic ring is 1. The Morgan fingerprint density at radius 3 is 2.72 bits per heavy atom. The van der Waals surface area contributed by atoms with Crippen LogP contribution in [0.15, 0.2) is 18.2 Å². The van der Waals surface area contributed by atoms with Gasteiger partial charge in [0.15, 0.2) is 6.61 Å². The Labute approximate surface area is 112 Å². The highest BCUT2D eigenvalue weighted by Gasteiger charge is 2.12. The van der Waals surface area contributed by atoms with E-state index in [0.29, 0.717) is 22.4 Å². The van der Waals surface area contributed by atoms with Gasteiger partial charge in [0.05, 0.1) is 5.02 Å². The molecule has 0 aliphatic rings. The molecule has 100 valence electrons. The Hall–Kier alpha value is -1.42. The zero-order valence-electron chi connectivity index (χ0n) is 10.9. The third-order valence-corrected chi connectivity index (χ3v) is 3.01. The lowest BCUT2D eigenvalue weighted by atomic mass is 10.1. The van der Waals surface area contributed by atoms with Crippen LogP contribution in [0.1, 0.15) is 20.8 Å². The zero-order chi connectivity index (χ0) is 13.7. The standard InChI is InChI=1S/C13H19ClN2O2/c1-8(2)9(3)16-13(17)7-18-12-6-10(15)4-5-11(12)14/h4-6,8-9H,7,15H2,1-3H3,(H,16,17). The summed E-state index contributed by atoms with van der Waals surface area (Å²) >= 11 is 5.92. The first-order valence-electron chi connectivity index (χ1n) is 5.87. The van der Waals surface area contributed by atoms with Crippen molar-refractivity contribution in [2.75, 3.05) is 12.3 Å². The lowest BCUT2D eigenvalue weighted by molar-refractivity contribution is -0.123. The monoisotopic (exact) mass is 270 g/mol. The molecule has 1 amide bonds. The zero-order valence-corrected chi connectivity index (χ0v) is 11.6. The van der Waals surface area contributed by atoms with E-state index in [2.05, 4.69) is 5.32 Å². The number of rotatable bonds is 5. The largest absolute Gasteiger partial charge is 0.482 e. The summed E-state index contributed by atoms with van der Waals surface area (Å²) in [5.41, 5.74) is 6.16. The quantitative estimate of drug-likeness (QED) is 0.808. The van der Waals surface area contributed by atoms with Crippen LogP contribution < -0.4 is 15.8 Å². The summed E-state index contributed by atoms with van der Waals surface area (Å²) in [5, 5.41) is 3.28. The molecule has 0 radical (unpaired) electrons. The smallest absolute Gasteiger partial charge is 0.258 e. The van der Waals surface area contributed by atoms with E-state index in [1.54, 1.807) is 18.2 Å². The van der Waals surface area contributed by atoms with Gasteiger partial charge in [0.1, 0.15) is 5.75 Å². The van der Waals surface area contributed by atoms with Gasteiger partial charge in [0.25, 0.3) is 5.91 Å². The minimum absolute atomic E-state index is 0.0692. The van der Waals surface area contributed by atoms with Gasteiger partial charge in [-0.15, -0.1) is 0 Å². The molecule has 3 N–H and O–H groups in total. The Bertz CT molecular complexity index is 421. The number of anilines is 1. The van der Waals surface area contributed by atoms with E-state index >= 15 is 0 Å². The van der Waals surface area contributed by atoms with Gasteiger partial charge in [-0.05, 0) is 25.0 Å². The first kappa shape index (κ1) is 14.6. The van der Waals surface area contributed by atoms with Crippen LogP contribution in [0.3, 0.4) is 0 Å². The van der Waals surface area contributed by atoms with Gasteiger partial charge in [-0.1, -0.05) is 25.4 Å². The van der Waals surface area contributed by atoms with Crippen molar-refractivity contribution in [2.45, 2.75) is 26.8 Å². The van der Waals surface area contributed by atoms with Crippen molar-refractivity contribution >= 4 is 23.2 Å².